The molecule has 2 aliphatic rings. The average Bonchev–Trinajstić information content (AvgIpc) is 3.14. The predicted molar refractivity (Wildman–Crippen MR) is 139 cm³/mol. The molecule has 0 saturated carbocycles. The van der Waals surface area contributed by atoms with Gasteiger partial charge in [-0.05, 0) is 64.5 Å². The first-order chi connectivity index (χ1) is 17.2. The van der Waals surface area contributed by atoms with Gasteiger partial charge < -0.3 is 10.2 Å². The number of anilines is 1. The molecule has 0 aliphatic carbocycles. The molecule has 36 heavy (non-hydrogen) atoms. The fraction of sp³-hybridized carbons (Fsp3) is 0.167. The SMILES string of the molecule is O=C(c1ccc(NC2=NS(=O)(=O)c3ccccc32)cc1)N1CCN(S(=O)(=O)c2ccccc2Br)CC1. The summed E-state index contributed by atoms with van der Waals surface area (Å²) in [6, 6.07) is 19.9. The van der Waals surface area contributed by atoms with Crippen molar-refractivity contribution < 1.29 is 21.6 Å². The molecule has 9 nitrogen and oxygen atoms in total. The molecule has 1 fully saturated rings. The Kier molecular flexibility index (Phi) is 6.45. The molecule has 5 rings (SSSR count). The van der Waals surface area contributed by atoms with Gasteiger partial charge in [-0.15, -0.1) is 4.40 Å². The fourth-order valence-electron chi connectivity index (χ4n) is 4.14. The molecule has 3 aromatic rings. The molecule has 1 N–H and O–H groups in total. The maximum absolute atomic E-state index is 13.0. The number of nitrogens with zero attached hydrogens (tertiary/aromatic N) is 3. The summed E-state index contributed by atoms with van der Waals surface area (Å²) < 4.78 is 56.1. The Balaban J connectivity index is 1.24. The first-order valence-electron chi connectivity index (χ1n) is 11.0. The van der Waals surface area contributed by atoms with Gasteiger partial charge in [0.25, 0.3) is 15.9 Å². The topological polar surface area (TPSA) is 116 Å². The lowest BCUT2D eigenvalue weighted by Crippen LogP contribution is -2.50. The summed E-state index contributed by atoms with van der Waals surface area (Å²) >= 11 is 3.30. The Hall–Kier alpha value is -3.06. The molecule has 186 valence electrons. The number of halogens is 1. The molecule has 12 heteroatoms. The minimum atomic E-state index is -3.73. The zero-order chi connectivity index (χ0) is 25.5. The number of carbonyl (C=O) groups excluding carboxylic acids is 1. The summed E-state index contributed by atoms with van der Waals surface area (Å²) in [6.07, 6.45) is 0. The van der Waals surface area contributed by atoms with Crippen LogP contribution in [0.3, 0.4) is 0 Å². The van der Waals surface area contributed by atoms with Crippen LogP contribution in [0.25, 0.3) is 0 Å². The summed E-state index contributed by atoms with van der Waals surface area (Å²) in [7, 11) is -7.40. The number of fused-ring (bicyclic) bond motifs is 1. The third kappa shape index (κ3) is 4.57. The van der Waals surface area contributed by atoms with Gasteiger partial charge in [0.05, 0.1) is 4.90 Å². The van der Waals surface area contributed by atoms with Crippen LogP contribution in [0.4, 0.5) is 5.69 Å². The van der Waals surface area contributed by atoms with Crippen molar-refractivity contribution in [3.8, 4) is 0 Å². The Labute approximate surface area is 217 Å². The highest BCUT2D eigenvalue weighted by Crippen LogP contribution is 2.28. The second kappa shape index (κ2) is 9.43. The van der Waals surface area contributed by atoms with Crippen LogP contribution in [0.1, 0.15) is 15.9 Å². The molecule has 2 aliphatic heterocycles. The van der Waals surface area contributed by atoms with Crippen LogP contribution in [0.5, 0.6) is 0 Å². The summed E-state index contributed by atoms with van der Waals surface area (Å²) in [5, 5.41) is 3.01. The summed E-state index contributed by atoms with van der Waals surface area (Å²) in [5.41, 5.74) is 1.53. The third-order valence-electron chi connectivity index (χ3n) is 6.01. The minimum absolute atomic E-state index is 0.153. The van der Waals surface area contributed by atoms with Gasteiger partial charge >= 0.3 is 0 Å². The fourth-order valence-corrected chi connectivity index (χ4v) is 7.70. The maximum Gasteiger partial charge on any atom is 0.285 e. The Morgan fingerprint density at radius 2 is 1.53 bits per heavy atom. The number of hydrogen-bond acceptors (Lipinski definition) is 6. The van der Waals surface area contributed by atoms with Crippen molar-refractivity contribution in [3.05, 3.63) is 88.4 Å². The van der Waals surface area contributed by atoms with Gasteiger partial charge in [0.1, 0.15) is 4.90 Å². The Morgan fingerprint density at radius 1 is 0.889 bits per heavy atom. The number of amides is 1. The molecule has 0 aromatic heterocycles. The normalized spacial score (nSPS) is 17.4. The molecule has 0 unspecified atom stereocenters. The molecule has 1 amide bonds. The highest BCUT2D eigenvalue weighted by Gasteiger charge is 2.32. The number of sulfonamides is 2. The van der Waals surface area contributed by atoms with E-state index in [0.717, 1.165) is 0 Å². The number of hydrogen-bond donors (Lipinski definition) is 1. The number of benzene rings is 3. The molecule has 0 bridgehead atoms. The maximum atomic E-state index is 13.0. The number of amidine groups is 1. The number of nitrogens with one attached hydrogen (secondary N) is 1. The first-order valence-corrected chi connectivity index (χ1v) is 14.7. The van der Waals surface area contributed by atoms with Crippen LogP contribution in [0.2, 0.25) is 0 Å². The van der Waals surface area contributed by atoms with E-state index in [2.05, 4.69) is 25.6 Å². The molecular formula is C24H21BrN4O5S2. The van der Waals surface area contributed by atoms with Gasteiger partial charge in [-0.1, -0.05) is 24.3 Å². The van der Waals surface area contributed by atoms with Gasteiger partial charge in [0.15, 0.2) is 5.84 Å². The monoisotopic (exact) mass is 588 g/mol. The van der Waals surface area contributed by atoms with Gasteiger partial charge in [0.2, 0.25) is 10.0 Å². The molecule has 0 spiro atoms. The highest BCUT2D eigenvalue weighted by molar-refractivity contribution is 9.10. The van der Waals surface area contributed by atoms with E-state index in [1.165, 1.54) is 10.4 Å². The van der Waals surface area contributed by atoms with E-state index in [0.29, 0.717) is 21.3 Å². The zero-order valence-electron chi connectivity index (χ0n) is 18.8. The summed E-state index contributed by atoms with van der Waals surface area (Å²) in [6.45, 7) is 0.938. The minimum Gasteiger partial charge on any atom is -0.339 e. The summed E-state index contributed by atoms with van der Waals surface area (Å²) in [4.78, 5) is 15.0. The van der Waals surface area contributed by atoms with Crippen LogP contribution in [0.15, 0.2) is 91.5 Å². The number of piperazine rings is 1. The van der Waals surface area contributed by atoms with E-state index in [9.17, 15) is 21.6 Å². The van der Waals surface area contributed by atoms with Crippen molar-refractivity contribution in [2.75, 3.05) is 31.5 Å². The lowest BCUT2D eigenvalue weighted by atomic mass is 10.1. The van der Waals surface area contributed by atoms with E-state index in [1.807, 2.05) is 0 Å². The highest BCUT2D eigenvalue weighted by atomic mass is 79.9. The van der Waals surface area contributed by atoms with E-state index < -0.39 is 20.0 Å². The standard InChI is InChI=1S/C24H21BrN4O5S2/c25-20-6-2-4-8-22(20)36(33,34)29-15-13-28(14-16-29)24(30)17-9-11-18(12-10-17)26-23-19-5-1-3-7-21(19)35(31,32)27-23/h1-12H,13-16H2,(H,26,27). The van der Waals surface area contributed by atoms with E-state index >= 15 is 0 Å². The molecule has 3 aromatic carbocycles. The number of rotatable bonds is 4. The Bertz CT molecular complexity index is 1580. The van der Waals surface area contributed by atoms with Gasteiger partial charge in [-0.2, -0.15) is 12.7 Å². The van der Waals surface area contributed by atoms with Crippen molar-refractivity contribution >= 4 is 53.4 Å². The van der Waals surface area contributed by atoms with E-state index in [1.54, 1.807) is 71.6 Å². The second-order valence-corrected chi connectivity index (χ2v) is 12.6. The number of carbonyl (C=O) groups is 1. The average molecular weight is 589 g/mol. The first kappa shape index (κ1) is 24.6. The van der Waals surface area contributed by atoms with Gasteiger partial charge in [0, 0.05) is 47.5 Å². The van der Waals surface area contributed by atoms with Crippen molar-refractivity contribution in [2.24, 2.45) is 4.40 Å². The van der Waals surface area contributed by atoms with Crippen LogP contribution >= 0.6 is 15.9 Å². The smallest absolute Gasteiger partial charge is 0.285 e. The second-order valence-electron chi connectivity index (χ2n) is 8.24. The quantitative estimate of drug-likeness (QED) is 0.500. The lowest BCUT2D eigenvalue weighted by molar-refractivity contribution is 0.0698. The largest absolute Gasteiger partial charge is 0.339 e. The molecule has 0 radical (unpaired) electrons. The summed E-state index contributed by atoms with van der Waals surface area (Å²) in [5.74, 6) is 0.0256. The molecule has 1 saturated heterocycles. The molecular weight excluding hydrogens is 568 g/mol. The van der Waals surface area contributed by atoms with Crippen molar-refractivity contribution in [1.82, 2.24) is 9.21 Å². The van der Waals surface area contributed by atoms with Crippen molar-refractivity contribution in [1.29, 1.82) is 0 Å². The van der Waals surface area contributed by atoms with Crippen LogP contribution in [-0.2, 0) is 20.0 Å². The van der Waals surface area contributed by atoms with E-state index in [-0.39, 0.29) is 47.7 Å². The molecule has 2 heterocycles. The van der Waals surface area contributed by atoms with Crippen molar-refractivity contribution in [3.63, 3.8) is 0 Å². The lowest BCUT2D eigenvalue weighted by Gasteiger charge is -2.34. The van der Waals surface area contributed by atoms with E-state index in [4.69, 9.17) is 0 Å². The van der Waals surface area contributed by atoms with Crippen LogP contribution < -0.4 is 5.32 Å². The Morgan fingerprint density at radius 3 is 2.22 bits per heavy atom. The third-order valence-corrected chi connectivity index (χ3v) is 10.3. The van der Waals surface area contributed by atoms with Crippen molar-refractivity contribution in [2.45, 2.75) is 9.79 Å². The predicted octanol–water partition coefficient (Wildman–Crippen LogP) is 3.16. The zero-order valence-corrected chi connectivity index (χ0v) is 22.1. The van der Waals surface area contributed by atoms with Crippen LogP contribution in [0, 0.1) is 0 Å². The van der Waals surface area contributed by atoms with Gasteiger partial charge in [-0.25, -0.2) is 8.42 Å². The van der Waals surface area contributed by atoms with Crippen LogP contribution in [-0.4, -0.2) is 64.0 Å². The van der Waals surface area contributed by atoms with Gasteiger partial charge in [-0.3, -0.25) is 4.79 Å². The molecule has 0 atom stereocenters.